The molecule has 0 N–H and O–H groups in total. The van der Waals surface area contributed by atoms with E-state index in [2.05, 4.69) is 11.3 Å². The number of rotatable bonds is 4. The van der Waals surface area contributed by atoms with Crippen LogP contribution in [0.15, 0.2) is 12.7 Å². The van der Waals surface area contributed by atoms with Crippen LogP contribution in [0.25, 0.3) is 0 Å². The molecular formula is C13H16O6. The van der Waals surface area contributed by atoms with Crippen LogP contribution in [-0.4, -0.2) is 36.7 Å². The Labute approximate surface area is 110 Å². The molecule has 2 aliphatic rings. The van der Waals surface area contributed by atoms with Crippen LogP contribution in [0.2, 0.25) is 0 Å². The van der Waals surface area contributed by atoms with Crippen LogP contribution >= 0.6 is 0 Å². The first kappa shape index (κ1) is 13.6. The first-order valence-corrected chi connectivity index (χ1v) is 6.19. The minimum Gasteiger partial charge on any atom is -0.458 e. The summed E-state index contributed by atoms with van der Waals surface area (Å²) in [4.78, 5) is 33.7. The number of esters is 3. The number of hydrogen-bond acceptors (Lipinski definition) is 6. The largest absolute Gasteiger partial charge is 0.458 e. The smallest absolute Gasteiger partial charge is 0.344 e. The number of carbonyl (C=O) groups is 3. The lowest BCUT2D eigenvalue weighted by Crippen LogP contribution is -2.42. The van der Waals surface area contributed by atoms with Crippen molar-refractivity contribution in [3.63, 3.8) is 0 Å². The molecule has 6 heteroatoms. The highest BCUT2D eigenvalue weighted by Gasteiger charge is 2.50. The molecule has 19 heavy (non-hydrogen) atoms. The fourth-order valence-corrected chi connectivity index (χ4v) is 2.67. The van der Waals surface area contributed by atoms with Crippen LogP contribution in [0, 0.1) is 11.8 Å². The Morgan fingerprint density at radius 3 is 2.89 bits per heavy atom. The highest BCUT2D eigenvalue weighted by Crippen LogP contribution is 2.41. The third-order valence-electron chi connectivity index (χ3n) is 3.49. The maximum Gasteiger partial charge on any atom is 0.344 e. The van der Waals surface area contributed by atoms with E-state index in [0.717, 1.165) is 12.5 Å². The van der Waals surface area contributed by atoms with Crippen molar-refractivity contribution in [2.24, 2.45) is 11.8 Å². The Hall–Kier alpha value is -1.85. The van der Waals surface area contributed by atoms with E-state index in [-0.39, 0.29) is 30.3 Å². The third kappa shape index (κ3) is 2.94. The topological polar surface area (TPSA) is 78.9 Å². The van der Waals surface area contributed by atoms with Crippen LogP contribution in [0.5, 0.6) is 0 Å². The molecular weight excluding hydrogens is 252 g/mol. The van der Waals surface area contributed by atoms with Gasteiger partial charge in [-0.05, 0) is 12.3 Å². The molecule has 2 rings (SSSR count). The van der Waals surface area contributed by atoms with Gasteiger partial charge < -0.3 is 14.2 Å². The van der Waals surface area contributed by atoms with Gasteiger partial charge in [0.2, 0.25) is 0 Å². The van der Waals surface area contributed by atoms with E-state index in [9.17, 15) is 14.4 Å². The fourth-order valence-electron chi connectivity index (χ4n) is 2.67. The van der Waals surface area contributed by atoms with E-state index in [0.29, 0.717) is 0 Å². The van der Waals surface area contributed by atoms with E-state index in [1.807, 2.05) is 6.92 Å². The van der Waals surface area contributed by atoms with Gasteiger partial charge in [-0.25, -0.2) is 9.59 Å². The second kappa shape index (κ2) is 5.42. The molecule has 0 aromatic carbocycles. The summed E-state index contributed by atoms with van der Waals surface area (Å²) in [5.41, 5.74) is 0. The summed E-state index contributed by atoms with van der Waals surface area (Å²) in [5, 5.41) is 0. The summed E-state index contributed by atoms with van der Waals surface area (Å²) in [6.07, 6.45) is 1.22. The zero-order valence-corrected chi connectivity index (χ0v) is 10.7. The van der Waals surface area contributed by atoms with Crippen molar-refractivity contribution < 1.29 is 28.6 Å². The minimum atomic E-state index is -0.677. The molecule has 2 bridgehead atoms. The molecule has 2 fully saturated rings. The summed E-state index contributed by atoms with van der Waals surface area (Å²) in [6.45, 7) is 4.73. The molecule has 104 valence electrons. The van der Waals surface area contributed by atoms with Gasteiger partial charge in [-0.15, -0.1) is 0 Å². The van der Waals surface area contributed by atoms with Crippen molar-refractivity contribution in [3.05, 3.63) is 12.7 Å². The van der Waals surface area contributed by atoms with Crippen LogP contribution < -0.4 is 0 Å². The van der Waals surface area contributed by atoms with Crippen LogP contribution in [0.4, 0.5) is 0 Å². The van der Waals surface area contributed by atoms with E-state index in [4.69, 9.17) is 9.47 Å². The first-order chi connectivity index (χ1) is 9.01. The van der Waals surface area contributed by atoms with Crippen molar-refractivity contribution in [2.75, 3.05) is 6.61 Å². The van der Waals surface area contributed by atoms with E-state index in [1.165, 1.54) is 0 Å². The highest BCUT2D eigenvalue weighted by atomic mass is 16.6. The quantitative estimate of drug-likeness (QED) is 0.422. The summed E-state index contributed by atoms with van der Waals surface area (Å²) < 4.78 is 15.1. The van der Waals surface area contributed by atoms with Gasteiger partial charge in [0.25, 0.3) is 0 Å². The normalized spacial score (nSPS) is 32.4. The van der Waals surface area contributed by atoms with E-state index in [1.54, 1.807) is 0 Å². The van der Waals surface area contributed by atoms with Gasteiger partial charge >= 0.3 is 17.9 Å². The van der Waals surface area contributed by atoms with Crippen LogP contribution in [0.1, 0.15) is 19.8 Å². The molecule has 4 atom stereocenters. The molecule has 1 saturated heterocycles. The summed E-state index contributed by atoms with van der Waals surface area (Å²) in [5.74, 6) is -1.39. The molecule has 0 aromatic rings. The molecule has 1 heterocycles. The molecule has 6 nitrogen and oxygen atoms in total. The monoisotopic (exact) mass is 268 g/mol. The Bertz CT molecular complexity index is 415. The Kier molecular flexibility index (Phi) is 3.87. The average Bonchev–Trinajstić information content (AvgIpc) is 2.55. The molecule has 0 amide bonds. The minimum absolute atomic E-state index is 0.000283. The average molecular weight is 268 g/mol. The summed E-state index contributed by atoms with van der Waals surface area (Å²) in [7, 11) is 0. The maximum atomic E-state index is 11.6. The van der Waals surface area contributed by atoms with Gasteiger partial charge in [0.1, 0.15) is 12.2 Å². The number of ether oxygens (including phenoxy) is 3. The van der Waals surface area contributed by atoms with Crippen molar-refractivity contribution in [2.45, 2.75) is 32.0 Å². The van der Waals surface area contributed by atoms with Crippen LogP contribution in [0.3, 0.4) is 0 Å². The van der Waals surface area contributed by atoms with E-state index < -0.39 is 24.6 Å². The molecule has 1 aliphatic heterocycles. The maximum absolute atomic E-state index is 11.6. The number of carbonyl (C=O) groups excluding carboxylic acids is 3. The highest BCUT2D eigenvalue weighted by molar-refractivity contribution is 5.83. The summed E-state index contributed by atoms with van der Waals surface area (Å²) in [6, 6.07) is 0. The van der Waals surface area contributed by atoms with Crippen molar-refractivity contribution in [1.29, 1.82) is 0 Å². The molecule has 1 aliphatic carbocycles. The molecule has 4 unspecified atom stereocenters. The van der Waals surface area contributed by atoms with Gasteiger partial charge in [0.05, 0.1) is 6.42 Å². The zero-order chi connectivity index (χ0) is 14.0. The van der Waals surface area contributed by atoms with Crippen molar-refractivity contribution in [3.8, 4) is 0 Å². The molecule has 0 aromatic heterocycles. The lowest BCUT2D eigenvalue weighted by atomic mass is 9.99. The number of fused-ring (bicyclic) bond motifs is 2. The van der Waals surface area contributed by atoms with Gasteiger partial charge in [0, 0.05) is 12.0 Å². The van der Waals surface area contributed by atoms with Gasteiger partial charge in [-0.1, -0.05) is 13.5 Å². The zero-order valence-electron chi connectivity index (χ0n) is 10.7. The van der Waals surface area contributed by atoms with Crippen molar-refractivity contribution >= 4 is 17.9 Å². The Morgan fingerprint density at radius 1 is 1.53 bits per heavy atom. The lowest BCUT2D eigenvalue weighted by Gasteiger charge is -2.29. The number of hydrogen-bond donors (Lipinski definition) is 0. The summed E-state index contributed by atoms with van der Waals surface area (Å²) >= 11 is 0. The predicted octanol–water partition coefficient (Wildman–Crippen LogP) is 0.599. The Morgan fingerprint density at radius 2 is 2.26 bits per heavy atom. The van der Waals surface area contributed by atoms with Gasteiger partial charge in [-0.2, -0.15) is 0 Å². The molecule has 0 radical (unpaired) electrons. The molecule has 1 saturated carbocycles. The standard InChI is InChI=1S/C13H16O6/c1-3-9(14)17-6-11(16)19-13-8-4-7(2)12(13)18-10(15)5-8/h3,7-8,12-13H,1,4-6H2,2H3. The van der Waals surface area contributed by atoms with Crippen LogP contribution in [-0.2, 0) is 28.6 Å². The second-order valence-corrected chi connectivity index (χ2v) is 4.90. The van der Waals surface area contributed by atoms with Gasteiger partial charge in [0.15, 0.2) is 6.61 Å². The van der Waals surface area contributed by atoms with Crippen molar-refractivity contribution in [1.82, 2.24) is 0 Å². The predicted molar refractivity (Wildman–Crippen MR) is 62.8 cm³/mol. The van der Waals surface area contributed by atoms with Gasteiger partial charge in [-0.3, -0.25) is 4.79 Å². The lowest BCUT2D eigenvalue weighted by molar-refractivity contribution is -0.182. The fraction of sp³-hybridized carbons (Fsp3) is 0.615. The second-order valence-electron chi connectivity index (χ2n) is 4.90. The first-order valence-electron chi connectivity index (χ1n) is 6.19. The SMILES string of the molecule is C=CC(=O)OCC(=O)OC1C2CC(=O)OC1C(C)C2. The van der Waals surface area contributed by atoms with E-state index >= 15 is 0 Å². The molecule has 0 spiro atoms. The third-order valence-corrected chi connectivity index (χ3v) is 3.49. The Balaban J connectivity index is 1.89.